The van der Waals surface area contributed by atoms with Crippen LogP contribution in [0.2, 0.25) is 0 Å². The highest BCUT2D eigenvalue weighted by Gasteiger charge is 2.16. The topological polar surface area (TPSA) is 33.2 Å². The van der Waals surface area contributed by atoms with Crippen molar-refractivity contribution >= 4 is 17.2 Å². The lowest BCUT2D eigenvalue weighted by Gasteiger charge is -2.18. The summed E-state index contributed by atoms with van der Waals surface area (Å²) >= 11 is 1.50. The summed E-state index contributed by atoms with van der Waals surface area (Å²) in [6, 6.07) is 6.27. The first kappa shape index (κ1) is 15.6. The highest BCUT2D eigenvalue weighted by atomic mass is 32.1. The van der Waals surface area contributed by atoms with Gasteiger partial charge in [-0.05, 0) is 45.0 Å². The van der Waals surface area contributed by atoms with E-state index >= 15 is 0 Å². The van der Waals surface area contributed by atoms with Crippen LogP contribution in [0.15, 0.2) is 24.3 Å². The van der Waals surface area contributed by atoms with Crippen LogP contribution >= 0.6 is 11.3 Å². The lowest BCUT2D eigenvalue weighted by Crippen LogP contribution is -2.31. The van der Waals surface area contributed by atoms with Crippen LogP contribution in [-0.2, 0) is 11.2 Å². The van der Waals surface area contributed by atoms with Crippen LogP contribution < -0.4 is 0 Å². The van der Waals surface area contributed by atoms with Gasteiger partial charge in [0, 0.05) is 23.5 Å². The predicted octanol–water partition coefficient (Wildman–Crippen LogP) is 3.67. The van der Waals surface area contributed by atoms with Crippen LogP contribution in [0.5, 0.6) is 0 Å². The Morgan fingerprint density at radius 3 is 2.43 bits per heavy atom. The van der Waals surface area contributed by atoms with Crippen molar-refractivity contribution in [2.45, 2.75) is 27.2 Å². The van der Waals surface area contributed by atoms with Crippen molar-refractivity contribution in [3.05, 3.63) is 40.7 Å². The molecular weight excluding hydrogens is 287 g/mol. The summed E-state index contributed by atoms with van der Waals surface area (Å²) in [7, 11) is 0. The Bertz CT molecular complexity index is 618. The van der Waals surface area contributed by atoms with Crippen molar-refractivity contribution in [3.63, 3.8) is 0 Å². The molecule has 0 bridgehead atoms. The molecule has 0 unspecified atom stereocenters. The first-order valence-corrected chi connectivity index (χ1v) is 7.86. The molecular formula is C16H19FN2OS. The number of aryl methyl sites for hydroxylation is 1. The molecule has 112 valence electrons. The van der Waals surface area contributed by atoms with Gasteiger partial charge >= 0.3 is 0 Å². The zero-order valence-electron chi connectivity index (χ0n) is 12.5. The number of aromatic nitrogens is 1. The number of rotatable bonds is 5. The predicted molar refractivity (Wildman–Crippen MR) is 83.9 cm³/mol. The van der Waals surface area contributed by atoms with Crippen LogP contribution in [-0.4, -0.2) is 28.9 Å². The van der Waals surface area contributed by atoms with E-state index in [0.29, 0.717) is 6.42 Å². The molecule has 0 fully saturated rings. The molecule has 1 aromatic carbocycles. The Labute approximate surface area is 128 Å². The summed E-state index contributed by atoms with van der Waals surface area (Å²) in [5, 5.41) is 0.829. The molecule has 1 aromatic heterocycles. The van der Waals surface area contributed by atoms with Crippen LogP contribution in [0.4, 0.5) is 4.39 Å². The second-order valence-electron chi connectivity index (χ2n) is 4.78. The molecule has 0 saturated carbocycles. The van der Waals surface area contributed by atoms with Crippen LogP contribution in [0.1, 0.15) is 24.4 Å². The smallest absolute Gasteiger partial charge is 0.227 e. The van der Waals surface area contributed by atoms with E-state index in [1.807, 2.05) is 25.7 Å². The standard InChI is InChI=1S/C16H19FN2OS/c1-4-19(5-2)15(20)10-14-11(3)18-16(21-14)12-6-8-13(17)9-7-12/h6-9H,4-5,10H2,1-3H3. The summed E-state index contributed by atoms with van der Waals surface area (Å²) < 4.78 is 13.0. The van der Waals surface area contributed by atoms with E-state index in [1.165, 1.54) is 23.5 Å². The van der Waals surface area contributed by atoms with Gasteiger partial charge in [-0.25, -0.2) is 9.37 Å². The zero-order valence-corrected chi connectivity index (χ0v) is 13.3. The largest absolute Gasteiger partial charge is 0.343 e. The minimum absolute atomic E-state index is 0.123. The third-order valence-corrected chi connectivity index (χ3v) is 4.62. The summed E-state index contributed by atoms with van der Waals surface area (Å²) in [6.45, 7) is 7.31. The quantitative estimate of drug-likeness (QED) is 0.844. The maximum Gasteiger partial charge on any atom is 0.227 e. The van der Waals surface area contributed by atoms with Gasteiger partial charge in [-0.1, -0.05) is 0 Å². The van der Waals surface area contributed by atoms with Crippen molar-refractivity contribution in [1.29, 1.82) is 0 Å². The highest BCUT2D eigenvalue weighted by molar-refractivity contribution is 7.15. The Morgan fingerprint density at radius 1 is 1.24 bits per heavy atom. The van der Waals surface area contributed by atoms with Gasteiger partial charge in [-0.15, -0.1) is 11.3 Å². The molecule has 5 heteroatoms. The number of hydrogen-bond donors (Lipinski definition) is 0. The van der Waals surface area contributed by atoms with Crippen molar-refractivity contribution in [3.8, 4) is 10.6 Å². The molecule has 0 spiro atoms. The van der Waals surface area contributed by atoms with Gasteiger partial charge < -0.3 is 4.90 Å². The summed E-state index contributed by atoms with van der Waals surface area (Å²) in [6.07, 6.45) is 0.381. The van der Waals surface area contributed by atoms with E-state index in [2.05, 4.69) is 4.98 Å². The zero-order chi connectivity index (χ0) is 15.4. The Balaban J connectivity index is 2.19. The minimum Gasteiger partial charge on any atom is -0.343 e. The SMILES string of the molecule is CCN(CC)C(=O)Cc1sc(-c2ccc(F)cc2)nc1C. The number of thiazole rings is 1. The van der Waals surface area contributed by atoms with E-state index in [0.717, 1.165) is 34.2 Å². The Morgan fingerprint density at radius 2 is 1.86 bits per heavy atom. The van der Waals surface area contributed by atoms with Crippen LogP contribution in [0, 0.1) is 12.7 Å². The average Bonchev–Trinajstić information content (AvgIpc) is 2.82. The third-order valence-electron chi connectivity index (χ3n) is 3.41. The minimum atomic E-state index is -0.260. The fourth-order valence-corrected chi connectivity index (χ4v) is 3.19. The first-order chi connectivity index (χ1) is 10.0. The molecule has 21 heavy (non-hydrogen) atoms. The number of benzene rings is 1. The lowest BCUT2D eigenvalue weighted by molar-refractivity contribution is -0.130. The fraction of sp³-hybridized carbons (Fsp3) is 0.375. The lowest BCUT2D eigenvalue weighted by atomic mass is 10.2. The van der Waals surface area contributed by atoms with Gasteiger partial charge in [0.1, 0.15) is 10.8 Å². The van der Waals surface area contributed by atoms with E-state index in [9.17, 15) is 9.18 Å². The third kappa shape index (κ3) is 3.67. The fourth-order valence-electron chi connectivity index (χ4n) is 2.13. The second kappa shape index (κ2) is 6.80. The van der Waals surface area contributed by atoms with Gasteiger partial charge in [0.15, 0.2) is 0 Å². The molecule has 0 atom stereocenters. The molecule has 3 nitrogen and oxygen atoms in total. The Kier molecular flexibility index (Phi) is 5.07. The molecule has 2 aromatic rings. The van der Waals surface area contributed by atoms with Crippen molar-refractivity contribution in [1.82, 2.24) is 9.88 Å². The normalized spacial score (nSPS) is 10.7. The van der Waals surface area contributed by atoms with Crippen molar-refractivity contribution in [2.75, 3.05) is 13.1 Å². The van der Waals surface area contributed by atoms with E-state index in [1.54, 1.807) is 12.1 Å². The molecule has 1 amide bonds. The number of likely N-dealkylation sites (N-methyl/N-ethyl adjacent to an activating group) is 1. The average molecular weight is 306 g/mol. The number of halogens is 1. The molecule has 0 saturated heterocycles. The van der Waals surface area contributed by atoms with Gasteiger partial charge in [0.05, 0.1) is 12.1 Å². The number of amides is 1. The molecule has 2 rings (SSSR count). The van der Waals surface area contributed by atoms with E-state index < -0.39 is 0 Å². The van der Waals surface area contributed by atoms with E-state index in [4.69, 9.17) is 0 Å². The van der Waals surface area contributed by atoms with Crippen LogP contribution in [0.3, 0.4) is 0 Å². The van der Waals surface area contributed by atoms with Crippen molar-refractivity contribution < 1.29 is 9.18 Å². The molecule has 0 N–H and O–H groups in total. The Hall–Kier alpha value is -1.75. The maximum absolute atomic E-state index is 13.0. The first-order valence-electron chi connectivity index (χ1n) is 7.05. The number of carbonyl (C=O) groups excluding carboxylic acids is 1. The van der Waals surface area contributed by atoms with Gasteiger partial charge in [0.25, 0.3) is 0 Å². The van der Waals surface area contributed by atoms with E-state index in [-0.39, 0.29) is 11.7 Å². The summed E-state index contributed by atoms with van der Waals surface area (Å²) in [5.74, 6) is -0.138. The number of nitrogens with zero attached hydrogens (tertiary/aromatic N) is 2. The second-order valence-corrected chi connectivity index (χ2v) is 5.86. The summed E-state index contributed by atoms with van der Waals surface area (Å²) in [5.41, 5.74) is 1.76. The van der Waals surface area contributed by atoms with Gasteiger partial charge in [-0.2, -0.15) is 0 Å². The molecule has 0 aliphatic heterocycles. The number of carbonyl (C=O) groups is 1. The molecule has 0 aliphatic rings. The maximum atomic E-state index is 13.0. The van der Waals surface area contributed by atoms with Gasteiger partial charge in [0.2, 0.25) is 5.91 Å². The van der Waals surface area contributed by atoms with Gasteiger partial charge in [-0.3, -0.25) is 4.79 Å². The highest BCUT2D eigenvalue weighted by Crippen LogP contribution is 2.28. The monoisotopic (exact) mass is 306 g/mol. The van der Waals surface area contributed by atoms with Crippen LogP contribution in [0.25, 0.3) is 10.6 Å². The molecule has 0 aliphatic carbocycles. The summed E-state index contributed by atoms with van der Waals surface area (Å²) in [4.78, 5) is 19.5. The molecule has 1 heterocycles. The number of hydrogen-bond acceptors (Lipinski definition) is 3. The molecule has 0 radical (unpaired) electrons. The van der Waals surface area contributed by atoms with Crippen molar-refractivity contribution in [2.24, 2.45) is 0 Å².